The summed E-state index contributed by atoms with van der Waals surface area (Å²) in [6.45, 7) is 6.74. The van der Waals surface area contributed by atoms with Crippen LogP contribution in [-0.4, -0.2) is 33.5 Å². The summed E-state index contributed by atoms with van der Waals surface area (Å²) in [5.41, 5.74) is 1.19. The first-order valence-electron chi connectivity index (χ1n) is 7.20. The van der Waals surface area contributed by atoms with Gasteiger partial charge in [0, 0.05) is 30.0 Å². The van der Waals surface area contributed by atoms with Crippen molar-refractivity contribution < 1.29 is 14.7 Å². The van der Waals surface area contributed by atoms with Crippen LogP contribution in [0, 0.1) is 0 Å². The van der Waals surface area contributed by atoms with Crippen LogP contribution in [0.2, 0.25) is 0 Å². The number of rotatable bonds is 5. The van der Waals surface area contributed by atoms with Crippen LogP contribution in [-0.2, 0) is 11.8 Å². The predicted octanol–water partition coefficient (Wildman–Crippen LogP) is 2.51. The highest BCUT2D eigenvalue weighted by molar-refractivity contribution is 7.09. The Morgan fingerprint density at radius 3 is 2.70 bits per heavy atom. The summed E-state index contributed by atoms with van der Waals surface area (Å²) in [4.78, 5) is 31.3. The normalized spacial score (nSPS) is 11.3. The first-order chi connectivity index (χ1) is 10.8. The Bertz CT molecular complexity index is 719. The zero-order chi connectivity index (χ0) is 17.0. The third-order valence-corrected chi connectivity index (χ3v) is 4.09. The van der Waals surface area contributed by atoms with E-state index in [1.54, 1.807) is 11.3 Å². The topological polar surface area (TPSA) is 92.2 Å². The number of nitrogens with one attached hydrogen (secondary N) is 1. The molecule has 0 bridgehead atoms. The molecule has 0 aromatic carbocycles. The zero-order valence-electron chi connectivity index (χ0n) is 13.3. The highest BCUT2D eigenvalue weighted by atomic mass is 32.1. The molecule has 2 aromatic heterocycles. The van der Waals surface area contributed by atoms with E-state index in [-0.39, 0.29) is 22.6 Å². The van der Waals surface area contributed by atoms with Crippen molar-refractivity contribution in [2.45, 2.75) is 32.6 Å². The van der Waals surface area contributed by atoms with Gasteiger partial charge >= 0.3 is 5.97 Å². The van der Waals surface area contributed by atoms with Gasteiger partial charge in [-0.05, 0) is 12.1 Å². The number of hydrogen-bond donors (Lipinski definition) is 2. The Morgan fingerprint density at radius 2 is 2.09 bits per heavy atom. The van der Waals surface area contributed by atoms with E-state index in [1.165, 1.54) is 18.3 Å². The molecule has 0 atom stereocenters. The maximum atomic E-state index is 12.0. The SMILES string of the molecule is CC(C)(C)c1csc(CCNC(=O)c2cc(C(=O)O)ccn2)n1. The van der Waals surface area contributed by atoms with E-state index >= 15 is 0 Å². The van der Waals surface area contributed by atoms with Crippen LogP contribution in [0.4, 0.5) is 0 Å². The molecule has 0 saturated carbocycles. The van der Waals surface area contributed by atoms with Crippen molar-refractivity contribution in [2.75, 3.05) is 6.54 Å². The van der Waals surface area contributed by atoms with Gasteiger partial charge in [-0.2, -0.15) is 0 Å². The Balaban J connectivity index is 1.91. The van der Waals surface area contributed by atoms with Gasteiger partial charge in [0.2, 0.25) is 0 Å². The number of thiazole rings is 1. The lowest BCUT2D eigenvalue weighted by molar-refractivity contribution is 0.0696. The molecule has 0 radical (unpaired) electrons. The van der Waals surface area contributed by atoms with E-state index in [2.05, 4.69) is 36.1 Å². The van der Waals surface area contributed by atoms with Gasteiger partial charge in [0.25, 0.3) is 5.91 Å². The number of carbonyl (C=O) groups is 2. The van der Waals surface area contributed by atoms with Gasteiger partial charge in [-0.25, -0.2) is 9.78 Å². The summed E-state index contributed by atoms with van der Waals surface area (Å²) >= 11 is 1.57. The van der Waals surface area contributed by atoms with Crippen LogP contribution >= 0.6 is 11.3 Å². The molecule has 0 unspecified atom stereocenters. The second-order valence-electron chi connectivity index (χ2n) is 6.12. The van der Waals surface area contributed by atoms with E-state index in [9.17, 15) is 9.59 Å². The largest absolute Gasteiger partial charge is 0.478 e. The lowest BCUT2D eigenvalue weighted by Gasteiger charge is -2.14. The van der Waals surface area contributed by atoms with Crippen molar-refractivity contribution >= 4 is 23.2 Å². The summed E-state index contributed by atoms with van der Waals surface area (Å²) < 4.78 is 0. The highest BCUT2D eigenvalue weighted by Crippen LogP contribution is 2.23. The summed E-state index contributed by atoms with van der Waals surface area (Å²) in [5.74, 6) is -1.47. The van der Waals surface area contributed by atoms with Crippen LogP contribution in [0.1, 0.15) is 52.3 Å². The molecule has 0 aliphatic rings. The monoisotopic (exact) mass is 333 g/mol. The average molecular weight is 333 g/mol. The molecule has 2 aromatic rings. The summed E-state index contributed by atoms with van der Waals surface area (Å²) in [5, 5.41) is 14.6. The number of amides is 1. The maximum Gasteiger partial charge on any atom is 0.335 e. The molecule has 2 heterocycles. The lowest BCUT2D eigenvalue weighted by Crippen LogP contribution is -2.26. The first kappa shape index (κ1) is 17.1. The molecular weight excluding hydrogens is 314 g/mol. The number of aromatic nitrogens is 2. The number of carboxylic acids is 1. The lowest BCUT2D eigenvalue weighted by atomic mass is 9.93. The molecule has 2 N–H and O–H groups in total. The van der Waals surface area contributed by atoms with E-state index in [0.29, 0.717) is 13.0 Å². The Kier molecular flexibility index (Phi) is 5.10. The summed E-state index contributed by atoms with van der Waals surface area (Å²) in [7, 11) is 0. The van der Waals surface area contributed by atoms with Gasteiger partial charge in [-0.1, -0.05) is 20.8 Å². The molecule has 7 heteroatoms. The van der Waals surface area contributed by atoms with Crippen LogP contribution in [0.25, 0.3) is 0 Å². The summed E-state index contributed by atoms with van der Waals surface area (Å²) in [6.07, 6.45) is 1.94. The Hall–Kier alpha value is -2.28. The fourth-order valence-corrected chi connectivity index (χ4v) is 2.86. The van der Waals surface area contributed by atoms with Crippen LogP contribution < -0.4 is 5.32 Å². The molecule has 6 nitrogen and oxygen atoms in total. The smallest absolute Gasteiger partial charge is 0.335 e. The third-order valence-electron chi connectivity index (χ3n) is 3.18. The van der Waals surface area contributed by atoms with Crippen molar-refractivity contribution in [3.05, 3.63) is 45.7 Å². The number of aromatic carboxylic acids is 1. The van der Waals surface area contributed by atoms with Crippen molar-refractivity contribution in [1.82, 2.24) is 15.3 Å². The highest BCUT2D eigenvalue weighted by Gasteiger charge is 2.17. The number of carbonyl (C=O) groups excluding carboxylic acids is 1. The Labute approximate surface area is 138 Å². The Morgan fingerprint density at radius 1 is 1.35 bits per heavy atom. The van der Waals surface area contributed by atoms with Gasteiger partial charge in [-0.15, -0.1) is 11.3 Å². The number of carboxylic acid groups (broad SMARTS) is 1. The molecule has 0 spiro atoms. The molecule has 1 amide bonds. The minimum atomic E-state index is -1.08. The van der Waals surface area contributed by atoms with E-state index in [1.807, 2.05) is 5.38 Å². The van der Waals surface area contributed by atoms with Gasteiger partial charge in [0.05, 0.1) is 16.3 Å². The standard InChI is InChI=1S/C16H19N3O3S/c1-16(2,3)12-9-23-13(19-12)5-7-18-14(20)11-8-10(15(21)22)4-6-17-11/h4,6,8-9H,5,7H2,1-3H3,(H,18,20)(H,21,22). The van der Waals surface area contributed by atoms with Crippen LogP contribution in [0.15, 0.2) is 23.7 Å². The number of nitrogens with zero attached hydrogens (tertiary/aromatic N) is 2. The minimum absolute atomic E-state index is 0.0131. The average Bonchev–Trinajstić information content (AvgIpc) is 2.96. The molecular formula is C16H19N3O3S. The van der Waals surface area contributed by atoms with E-state index in [0.717, 1.165) is 10.7 Å². The van der Waals surface area contributed by atoms with Gasteiger partial charge in [0.15, 0.2) is 0 Å². The van der Waals surface area contributed by atoms with Gasteiger partial charge < -0.3 is 10.4 Å². The second kappa shape index (κ2) is 6.87. The summed E-state index contributed by atoms with van der Waals surface area (Å²) in [6, 6.07) is 2.61. The molecule has 2 rings (SSSR count). The van der Waals surface area contributed by atoms with E-state index < -0.39 is 5.97 Å². The van der Waals surface area contributed by atoms with Crippen molar-refractivity contribution in [2.24, 2.45) is 0 Å². The fraction of sp³-hybridized carbons (Fsp3) is 0.375. The minimum Gasteiger partial charge on any atom is -0.478 e. The molecule has 0 saturated heterocycles. The molecule has 0 aliphatic carbocycles. The second-order valence-corrected chi connectivity index (χ2v) is 7.06. The number of pyridine rings is 1. The van der Waals surface area contributed by atoms with Crippen LogP contribution in [0.5, 0.6) is 0 Å². The molecule has 0 aliphatic heterocycles. The van der Waals surface area contributed by atoms with Gasteiger partial charge in [-0.3, -0.25) is 9.78 Å². The zero-order valence-corrected chi connectivity index (χ0v) is 14.1. The van der Waals surface area contributed by atoms with Crippen molar-refractivity contribution in [3.8, 4) is 0 Å². The molecule has 0 fully saturated rings. The fourth-order valence-electron chi connectivity index (χ4n) is 1.83. The quantitative estimate of drug-likeness (QED) is 0.877. The molecule has 23 heavy (non-hydrogen) atoms. The van der Waals surface area contributed by atoms with Gasteiger partial charge in [0.1, 0.15) is 5.69 Å². The third kappa shape index (κ3) is 4.59. The van der Waals surface area contributed by atoms with Crippen molar-refractivity contribution in [1.29, 1.82) is 0 Å². The van der Waals surface area contributed by atoms with E-state index in [4.69, 9.17) is 5.11 Å². The van der Waals surface area contributed by atoms with Crippen molar-refractivity contribution in [3.63, 3.8) is 0 Å². The molecule has 122 valence electrons. The first-order valence-corrected chi connectivity index (χ1v) is 8.08. The number of hydrogen-bond acceptors (Lipinski definition) is 5. The van der Waals surface area contributed by atoms with Crippen LogP contribution in [0.3, 0.4) is 0 Å². The maximum absolute atomic E-state index is 12.0. The predicted molar refractivity (Wildman–Crippen MR) is 88.0 cm³/mol.